The van der Waals surface area contributed by atoms with E-state index in [1.54, 1.807) is 24.1 Å². The second-order valence-electron chi connectivity index (χ2n) is 6.42. The first-order valence-corrected chi connectivity index (χ1v) is 8.95. The molecule has 0 saturated carbocycles. The number of methoxy groups -OCH3 is 1. The molecule has 1 aliphatic rings. The maximum absolute atomic E-state index is 12.3. The number of halogens is 1. The minimum Gasteiger partial charge on any atom is -0.497 e. The van der Waals surface area contributed by atoms with Gasteiger partial charge in [-0.2, -0.15) is 0 Å². The molecule has 0 aromatic heterocycles. The number of nitro benzene ring substituents is 1. The van der Waals surface area contributed by atoms with Crippen LogP contribution in [0, 0.1) is 10.1 Å². The van der Waals surface area contributed by atoms with Gasteiger partial charge in [0.15, 0.2) is 0 Å². The van der Waals surface area contributed by atoms with Crippen molar-refractivity contribution in [1.82, 2.24) is 4.90 Å². The molecule has 27 heavy (non-hydrogen) atoms. The lowest BCUT2D eigenvalue weighted by Crippen LogP contribution is -2.45. The van der Waals surface area contributed by atoms with Crippen LogP contribution in [0.2, 0.25) is 5.02 Å². The third kappa shape index (κ3) is 4.68. The Balaban J connectivity index is 1.70. The van der Waals surface area contributed by atoms with Crippen LogP contribution in [-0.4, -0.2) is 35.4 Å². The zero-order valence-corrected chi connectivity index (χ0v) is 15.6. The van der Waals surface area contributed by atoms with Crippen LogP contribution in [0.4, 0.5) is 11.4 Å². The smallest absolute Gasteiger partial charge is 0.293 e. The number of carbonyl (C=O) groups excluding carboxylic acids is 1. The molecule has 1 saturated heterocycles. The summed E-state index contributed by atoms with van der Waals surface area (Å²) in [5, 5.41) is 14.8. The van der Waals surface area contributed by atoms with E-state index in [-0.39, 0.29) is 17.6 Å². The van der Waals surface area contributed by atoms with E-state index in [1.807, 2.05) is 24.3 Å². The molecule has 1 atom stereocenters. The minimum absolute atomic E-state index is 0.0684. The molecule has 1 aliphatic heterocycles. The highest BCUT2D eigenvalue weighted by Crippen LogP contribution is 2.29. The SMILES string of the molecule is COc1ccc(CN2C[C@H](Nc3ccc(Cl)cc3[N+](=O)[O-])CCC2=O)cc1. The van der Waals surface area contributed by atoms with Crippen LogP contribution in [0.3, 0.4) is 0 Å². The number of carbonyl (C=O) groups is 1. The van der Waals surface area contributed by atoms with Gasteiger partial charge in [0.2, 0.25) is 5.91 Å². The van der Waals surface area contributed by atoms with E-state index in [9.17, 15) is 14.9 Å². The predicted molar refractivity (Wildman–Crippen MR) is 103 cm³/mol. The van der Waals surface area contributed by atoms with Crippen LogP contribution in [0.25, 0.3) is 0 Å². The maximum atomic E-state index is 12.3. The van der Waals surface area contributed by atoms with E-state index >= 15 is 0 Å². The number of piperidine rings is 1. The fourth-order valence-electron chi connectivity index (χ4n) is 3.13. The molecule has 8 heteroatoms. The van der Waals surface area contributed by atoms with E-state index in [0.29, 0.717) is 36.6 Å². The molecule has 2 aromatic carbocycles. The molecule has 1 amide bonds. The molecule has 0 unspecified atom stereocenters. The van der Waals surface area contributed by atoms with Gasteiger partial charge in [-0.25, -0.2) is 0 Å². The molecule has 2 aromatic rings. The van der Waals surface area contributed by atoms with Crippen molar-refractivity contribution in [1.29, 1.82) is 0 Å². The molecule has 3 rings (SSSR count). The summed E-state index contributed by atoms with van der Waals surface area (Å²) in [5.41, 5.74) is 1.34. The second-order valence-corrected chi connectivity index (χ2v) is 6.86. The summed E-state index contributed by atoms with van der Waals surface area (Å²) in [6.07, 6.45) is 1.02. The first-order valence-electron chi connectivity index (χ1n) is 8.57. The number of ether oxygens (including phenoxy) is 1. The van der Waals surface area contributed by atoms with E-state index < -0.39 is 4.92 Å². The second kappa shape index (κ2) is 8.26. The summed E-state index contributed by atoms with van der Waals surface area (Å²) in [6, 6.07) is 12.0. The van der Waals surface area contributed by atoms with Gasteiger partial charge in [0.05, 0.1) is 12.0 Å². The van der Waals surface area contributed by atoms with Crippen molar-refractivity contribution < 1.29 is 14.5 Å². The third-order valence-corrected chi connectivity index (χ3v) is 4.78. The lowest BCUT2D eigenvalue weighted by atomic mass is 10.0. The van der Waals surface area contributed by atoms with Crippen LogP contribution >= 0.6 is 11.6 Å². The minimum atomic E-state index is -0.461. The van der Waals surface area contributed by atoms with Crippen molar-refractivity contribution in [2.24, 2.45) is 0 Å². The topological polar surface area (TPSA) is 84.7 Å². The highest BCUT2D eigenvalue weighted by molar-refractivity contribution is 6.30. The van der Waals surface area contributed by atoms with Gasteiger partial charge in [0.1, 0.15) is 11.4 Å². The Labute approximate surface area is 162 Å². The Morgan fingerprint density at radius 2 is 2.04 bits per heavy atom. The van der Waals surface area contributed by atoms with Crippen molar-refractivity contribution in [3.8, 4) is 5.75 Å². The molecule has 1 N–H and O–H groups in total. The van der Waals surface area contributed by atoms with Crippen molar-refractivity contribution in [2.45, 2.75) is 25.4 Å². The van der Waals surface area contributed by atoms with Gasteiger partial charge >= 0.3 is 0 Å². The number of nitrogens with zero attached hydrogens (tertiary/aromatic N) is 2. The van der Waals surface area contributed by atoms with E-state index in [4.69, 9.17) is 16.3 Å². The zero-order chi connectivity index (χ0) is 19.4. The Bertz CT molecular complexity index is 841. The number of rotatable bonds is 6. The number of amides is 1. The van der Waals surface area contributed by atoms with Gasteiger partial charge in [-0.1, -0.05) is 23.7 Å². The van der Waals surface area contributed by atoms with E-state index in [2.05, 4.69) is 5.32 Å². The summed E-state index contributed by atoms with van der Waals surface area (Å²) in [7, 11) is 1.61. The van der Waals surface area contributed by atoms with E-state index in [0.717, 1.165) is 11.3 Å². The highest BCUT2D eigenvalue weighted by Gasteiger charge is 2.27. The molecule has 0 aliphatic carbocycles. The van der Waals surface area contributed by atoms with Crippen LogP contribution in [-0.2, 0) is 11.3 Å². The van der Waals surface area contributed by atoms with Gasteiger partial charge in [-0.15, -0.1) is 0 Å². The Hall–Kier alpha value is -2.80. The number of nitrogens with one attached hydrogen (secondary N) is 1. The molecule has 0 bridgehead atoms. The van der Waals surface area contributed by atoms with Crippen molar-refractivity contribution >= 4 is 28.9 Å². The molecule has 7 nitrogen and oxygen atoms in total. The number of hydrogen-bond acceptors (Lipinski definition) is 5. The molecule has 1 fully saturated rings. The third-order valence-electron chi connectivity index (χ3n) is 4.55. The van der Waals surface area contributed by atoms with Gasteiger partial charge in [0, 0.05) is 36.6 Å². The van der Waals surface area contributed by atoms with Crippen LogP contribution in [0.5, 0.6) is 5.75 Å². The van der Waals surface area contributed by atoms with Crippen molar-refractivity contribution in [2.75, 3.05) is 19.0 Å². The average molecular weight is 390 g/mol. The molecular weight excluding hydrogens is 370 g/mol. The molecule has 0 radical (unpaired) electrons. The highest BCUT2D eigenvalue weighted by atomic mass is 35.5. The van der Waals surface area contributed by atoms with Gasteiger partial charge in [-0.05, 0) is 36.2 Å². The molecule has 0 spiro atoms. The average Bonchev–Trinajstić information content (AvgIpc) is 2.66. The van der Waals surface area contributed by atoms with Crippen LogP contribution < -0.4 is 10.1 Å². The molecular formula is C19H20ClN3O4. The quantitative estimate of drug-likeness (QED) is 0.599. The molecule has 1 heterocycles. The lowest BCUT2D eigenvalue weighted by Gasteiger charge is -2.33. The Morgan fingerprint density at radius 3 is 2.70 bits per heavy atom. The first kappa shape index (κ1) is 19.0. The largest absolute Gasteiger partial charge is 0.497 e. The zero-order valence-electron chi connectivity index (χ0n) is 14.9. The summed E-state index contributed by atoms with van der Waals surface area (Å²) >= 11 is 5.86. The Morgan fingerprint density at radius 1 is 1.30 bits per heavy atom. The fraction of sp³-hybridized carbons (Fsp3) is 0.316. The summed E-state index contributed by atoms with van der Waals surface area (Å²) in [4.78, 5) is 24.9. The maximum Gasteiger partial charge on any atom is 0.293 e. The number of nitro groups is 1. The van der Waals surface area contributed by atoms with Gasteiger partial charge < -0.3 is 15.0 Å². The van der Waals surface area contributed by atoms with Crippen LogP contribution in [0.1, 0.15) is 18.4 Å². The number of likely N-dealkylation sites (tertiary alicyclic amines) is 1. The predicted octanol–water partition coefficient (Wildman–Crippen LogP) is 3.86. The summed E-state index contributed by atoms with van der Waals surface area (Å²) in [6.45, 7) is 0.967. The number of benzene rings is 2. The van der Waals surface area contributed by atoms with Crippen molar-refractivity contribution in [3.63, 3.8) is 0 Å². The van der Waals surface area contributed by atoms with Crippen molar-refractivity contribution in [3.05, 3.63) is 63.2 Å². The Kier molecular flexibility index (Phi) is 5.81. The summed E-state index contributed by atoms with van der Waals surface area (Å²) in [5.74, 6) is 0.841. The van der Waals surface area contributed by atoms with Gasteiger partial charge in [-0.3, -0.25) is 14.9 Å². The standard InChI is InChI=1S/C19H20ClN3O4/c1-27-16-6-2-13(3-7-16)11-22-12-15(5-9-19(22)24)21-17-8-4-14(20)10-18(17)23(25)26/h2-4,6-8,10,15,21H,5,9,11-12H2,1H3/t15-/m1/s1. The van der Waals surface area contributed by atoms with Gasteiger partial charge in [0.25, 0.3) is 5.69 Å². The van der Waals surface area contributed by atoms with E-state index in [1.165, 1.54) is 6.07 Å². The molecule has 142 valence electrons. The lowest BCUT2D eigenvalue weighted by molar-refractivity contribution is -0.384. The number of anilines is 1. The normalized spacial score (nSPS) is 16.9. The first-order chi connectivity index (χ1) is 13.0. The number of hydrogen-bond donors (Lipinski definition) is 1. The monoisotopic (exact) mass is 389 g/mol. The fourth-order valence-corrected chi connectivity index (χ4v) is 3.30. The summed E-state index contributed by atoms with van der Waals surface area (Å²) < 4.78 is 5.15. The van der Waals surface area contributed by atoms with Crippen LogP contribution in [0.15, 0.2) is 42.5 Å².